The average Bonchev–Trinajstić information content (AvgIpc) is 3.27. The van der Waals surface area contributed by atoms with Crippen molar-refractivity contribution in [3.05, 3.63) is 64.2 Å². The van der Waals surface area contributed by atoms with E-state index in [1.807, 2.05) is 27.7 Å². The fourth-order valence-electron chi connectivity index (χ4n) is 5.51. The highest BCUT2D eigenvalue weighted by Gasteiger charge is 2.45. The van der Waals surface area contributed by atoms with Crippen LogP contribution in [0.4, 0.5) is 0 Å². The Morgan fingerprint density at radius 1 is 0.743 bits per heavy atom. The number of ether oxygens (including phenoxy) is 2. The molecule has 0 radical (unpaired) electrons. The van der Waals surface area contributed by atoms with E-state index in [-0.39, 0.29) is 23.0 Å². The lowest BCUT2D eigenvalue weighted by molar-refractivity contribution is -0.130. The van der Waals surface area contributed by atoms with E-state index < -0.39 is 12.9 Å². The first-order chi connectivity index (χ1) is 16.4. The van der Waals surface area contributed by atoms with Crippen LogP contribution in [-0.2, 0) is 35.4 Å². The smallest absolute Gasteiger partial charge is 0.405 e. The summed E-state index contributed by atoms with van der Waals surface area (Å²) in [6, 6.07) is 13.1. The molecule has 4 nitrogen and oxygen atoms in total. The molecular weight excluding hydrogens is 435 g/mol. The normalized spacial score (nSPS) is 20.3. The van der Waals surface area contributed by atoms with Crippen LogP contribution in [0.15, 0.2) is 36.4 Å². The average molecular weight is 478 g/mol. The topological polar surface area (TPSA) is 36.9 Å². The van der Waals surface area contributed by atoms with Gasteiger partial charge in [0.25, 0.3) is 0 Å². The molecule has 0 unspecified atom stereocenters. The Hall–Kier alpha value is -1.66. The molecule has 35 heavy (non-hydrogen) atoms. The van der Waals surface area contributed by atoms with Gasteiger partial charge < -0.3 is 18.8 Å². The third-order valence-corrected chi connectivity index (χ3v) is 7.60. The van der Waals surface area contributed by atoms with E-state index in [4.69, 9.17) is 18.8 Å². The molecule has 0 spiro atoms. The molecular formula is C30H43BO4. The largest absolute Gasteiger partial charge is 0.494 e. The molecule has 0 amide bonds. The summed E-state index contributed by atoms with van der Waals surface area (Å²) in [4.78, 5) is 0. The van der Waals surface area contributed by atoms with Gasteiger partial charge in [0.05, 0.1) is 13.2 Å². The van der Waals surface area contributed by atoms with Crippen LogP contribution in [0.25, 0.3) is 0 Å². The molecule has 1 heterocycles. The van der Waals surface area contributed by atoms with Crippen LogP contribution in [-0.4, -0.2) is 32.5 Å². The van der Waals surface area contributed by atoms with Crippen LogP contribution >= 0.6 is 0 Å². The summed E-state index contributed by atoms with van der Waals surface area (Å²) in [7, 11) is -0.404. The van der Waals surface area contributed by atoms with Crippen molar-refractivity contribution in [3.63, 3.8) is 0 Å². The van der Waals surface area contributed by atoms with Gasteiger partial charge in [0.15, 0.2) is 0 Å². The second kappa shape index (κ2) is 9.66. The minimum atomic E-state index is -0.900. The van der Waals surface area contributed by atoms with E-state index in [0.29, 0.717) is 13.2 Å². The first kappa shape index (κ1) is 26.4. The highest BCUT2D eigenvalue weighted by molar-refractivity contribution is 6.61. The Kier molecular flexibility index (Phi) is 7.29. The molecule has 1 fully saturated rings. The molecule has 2 aromatic carbocycles. The van der Waals surface area contributed by atoms with Crippen LogP contribution in [0.2, 0.25) is 0 Å². The molecule has 190 valence electrons. The van der Waals surface area contributed by atoms with Crippen LogP contribution in [0.3, 0.4) is 0 Å². The predicted molar refractivity (Wildman–Crippen MR) is 143 cm³/mol. The second-order valence-corrected chi connectivity index (χ2v) is 12.1. The van der Waals surface area contributed by atoms with Crippen molar-refractivity contribution in [2.75, 3.05) is 13.2 Å². The van der Waals surface area contributed by atoms with Gasteiger partial charge in [0, 0.05) is 23.3 Å². The number of rotatable bonds is 7. The number of hydrogen-bond donors (Lipinski definition) is 0. The molecule has 0 atom stereocenters. The van der Waals surface area contributed by atoms with Gasteiger partial charge in [-0.05, 0) is 86.5 Å². The van der Waals surface area contributed by atoms with Crippen molar-refractivity contribution >= 4 is 12.6 Å². The van der Waals surface area contributed by atoms with Gasteiger partial charge in [-0.2, -0.15) is 0 Å². The van der Waals surface area contributed by atoms with Crippen molar-refractivity contribution in [2.24, 2.45) is 0 Å². The number of aryl methyl sites for hydroxylation is 1. The summed E-state index contributed by atoms with van der Waals surface area (Å²) in [5.41, 5.74) is 7.48. The minimum absolute atomic E-state index is 0.0667. The van der Waals surface area contributed by atoms with Crippen LogP contribution in [0, 0.1) is 6.92 Å². The van der Waals surface area contributed by atoms with E-state index >= 15 is 0 Å². The molecule has 1 aliphatic heterocycles. The Morgan fingerprint density at radius 3 is 1.71 bits per heavy atom. The van der Waals surface area contributed by atoms with Gasteiger partial charge in [0.1, 0.15) is 0 Å². The third-order valence-electron chi connectivity index (χ3n) is 7.60. The Bertz CT molecular complexity index is 1020. The quantitative estimate of drug-likeness (QED) is 0.448. The Balaban J connectivity index is 1.77. The van der Waals surface area contributed by atoms with Crippen LogP contribution in [0.5, 0.6) is 0 Å². The molecule has 0 N–H and O–H groups in total. The Morgan fingerprint density at radius 2 is 1.23 bits per heavy atom. The lowest BCUT2D eigenvalue weighted by Gasteiger charge is -2.43. The molecule has 0 aromatic heterocycles. The van der Waals surface area contributed by atoms with Gasteiger partial charge >= 0.3 is 7.12 Å². The highest BCUT2D eigenvalue weighted by Crippen LogP contribution is 2.49. The van der Waals surface area contributed by atoms with Crippen LogP contribution in [0.1, 0.15) is 96.0 Å². The summed E-state index contributed by atoms with van der Waals surface area (Å²) >= 11 is 0. The fourth-order valence-corrected chi connectivity index (χ4v) is 5.51. The van der Waals surface area contributed by atoms with Crippen molar-refractivity contribution in [2.45, 2.75) is 104 Å². The second-order valence-electron chi connectivity index (χ2n) is 12.1. The van der Waals surface area contributed by atoms with Crippen molar-refractivity contribution in [1.82, 2.24) is 0 Å². The summed E-state index contributed by atoms with van der Waals surface area (Å²) in [6.45, 7) is 20.9. The van der Waals surface area contributed by atoms with Crippen molar-refractivity contribution in [1.29, 1.82) is 0 Å². The zero-order chi connectivity index (χ0) is 25.6. The van der Waals surface area contributed by atoms with E-state index in [2.05, 4.69) is 71.0 Å². The maximum Gasteiger partial charge on any atom is 0.494 e. The summed E-state index contributed by atoms with van der Waals surface area (Å²) < 4.78 is 25.0. The van der Waals surface area contributed by atoms with Gasteiger partial charge in [0.2, 0.25) is 5.79 Å². The summed E-state index contributed by atoms with van der Waals surface area (Å²) in [5.74, 6) is -0.900. The zero-order valence-corrected chi connectivity index (χ0v) is 23.2. The molecule has 4 rings (SSSR count). The predicted octanol–water partition coefficient (Wildman–Crippen LogP) is 6.14. The highest BCUT2D eigenvalue weighted by atomic mass is 16.7. The monoisotopic (exact) mass is 478 g/mol. The molecule has 2 aromatic rings. The fraction of sp³-hybridized carbons (Fsp3) is 0.600. The number of fused-ring (bicyclic) bond motifs is 1. The number of hydrogen-bond acceptors (Lipinski definition) is 4. The lowest BCUT2D eigenvalue weighted by atomic mass is 9.62. The van der Waals surface area contributed by atoms with Crippen LogP contribution < -0.4 is 5.46 Å². The van der Waals surface area contributed by atoms with Crippen molar-refractivity contribution in [3.8, 4) is 0 Å². The number of benzene rings is 2. The van der Waals surface area contributed by atoms with E-state index in [0.717, 1.165) is 16.6 Å². The minimum Gasteiger partial charge on any atom is -0.405 e. The molecule has 1 aliphatic carbocycles. The molecule has 5 heteroatoms. The van der Waals surface area contributed by atoms with Gasteiger partial charge in [-0.3, -0.25) is 0 Å². The lowest BCUT2D eigenvalue weighted by Crippen LogP contribution is -2.41. The van der Waals surface area contributed by atoms with Gasteiger partial charge in [-0.15, -0.1) is 0 Å². The maximum absolute atomic E-state index is 6.45. The molecule has 0 saturated carbocycles. The first-order valence-corrected chi connectivity index (χ1v) is 13.2. The van der Waals surface area contributed by atoms with E-state index in [9.17, 15) is 0 Å². The van der Waals surface area contributed by atoms with Gasteiger partial charge in [-0.25, -0.2) is 0 Å². The molecule has 1 saturated heterocycles. The maximum atomic E-state index is 6.45. The Labute approximate surface area is 212 Å². The summed E-state index contributed by atoms with van der Waals surface area (Å²) in [5, 5.41) is 0. The zero-order valence-electron chi connectivity index (χ0n) is 23.2. The van der Waals surface area contributed by atoms with E-state index in [1.54, 1.807) is 0 Å². The SMILES string of the molecule is Cc1cc2c(cc1C1(c3ccc(B(OC(C)C)OC(C)C)cc3)OCCO1)C(C)(C)CCC2(C)C. The summed E-state index contributed by atoms with van der Waals surface area (Å²) in [6.07, 6.45) is 2.50. The third kappa shape index (κ3) is 5.11. The van der Waals surface area contributed by atoms with E-state index in [1.165, 1.54) is 29.5 Å². The molecule has 0 bridgehead atoms. The van der Waals surface area contributed by atoms with Gasteiger partial charge in [-0.1, -0.05) is 58.0 Å². The molecule has 2 aliphatic rings. The standard InChI is InChI=1S/C30H43BO4/c1-20(2)34-31(35-21(3)4)24-12-10-23(11-13-24)30(32-16-17-33-30)25-19-27-26(18-22(25)5)28(6,7)14-15-29(27,8)9/h10-13,18-21H,14-17H2,1-9H3. The first-order valence-electron chi connectivity index (χ1n) is 13.2. The van der Waals surface area contributed by atoms with Crippen molar-refractivity contribution < 1.29 is 18.8 Å².